The highest BCUT2D eigenvalue weighted by atomic mass is 19.4. The summed E-state index contributed by atoms with van der Waals surface area (Å²) in [7, 11) is 0. The molecule has 0 spiro atoms. The van der Waals surface area contributed by atoms with Gasteiger partial charge in [-0.15, -0.1) is 0 Å². The Kier molecular flexibility index (Phi) is 8.74. The van der Waals surface area contributed by atoms with Gasteiger partial charge in [0, 0.05) is 35.3 Å². The fraction of sp³-hybridized carbons (Fsp3) is 0.269. The Hall–Kier alpha value is -4.68. The van der Waals surface area contributed by atoms with Gasteiger partial charge in [-0.05, 0) is 50.2 Å². The largest absolute Gasteiger partial charge is 0.490 e. The second-order valence-corrected chi connectivity index (χ2v) is 8.94. The summed E-state index contributed by atoms with van der Waals surface area (Å²) in [5.41, 5.74) is 2.44. The molecule has 13 heteroatoms. The molecule has 0 radical (unpaired) electrons. The maximum absolute atomic E-state index is 12.5. The van der Waals surface area contributed by atoms with Gasteiger partial charge in [0.15, 0.2) is 0 Å². The number of pyridine rings is 1. The van der Waals surface area contributed by atoms with Crippen LogP contribution >= 0.6 is 0 Å². The minimum absolute atomic E-state index is 0.102. The summed E-state index contributed by atoms with van der Waals surface area (Å²) in [6.45, 7) is 4.28. The van der Waals surface area contributed by atoms with E-state index in [1.807, 2.05) is 37.3 Å². The third-order valence-electron chi connectivity index (χ3n) is 5.74. The van der Waals surface area contributed by atoms with Crippen LogP contribution in [-0.4, -0.2) is 53.2 Å². The van der Waals surface area contributed by atoms with E-state index in [1.54, 1.807) is 31.2 Å². The number of hydrogen-bond donors (Lipinski definition) is 4. The van der Waals surface area contributed by atoms with Crippen LogP contribution in [0.4, 0.5) is 18.0 Å². The number of halogens is 3. The quantitative estimate of drug-likeness (QED) is 0.371. The molecule has 4 rings (SSSR count). The molecule has 2 aromatic carbocycles. The Morgan fingerprint density at radius 3 is 2.38 bits per heavy atom. The first kappa shape index (κ1) is 28.9. The van der Waals surface area contributed by atoms with Crippen molar-refractivity contribution in [1.29, 1.82) is 0 Å². The summed E-state index contributed by atoms with van der Waals surface area (Å²) in [4.78, 5) is 49.2. The Morgan fingerprint density at radius 2 is 1.77 bits per heavy atom. The van der Waals surface area contributed by atoms with E-state index in [0.29, 0.717) is 17.9 Å². The number of aromatic nitrogens is 1. The molecule has 1 atom stereocenters. The Labute approximate surface area is 220 Å². The number of alkyl halides is 3. The number of aliphatic carboxylic acids is 1. The fourth-order valence-electron chi connectivity index (χ4n) is 3.55. The fourth-order valence-corrected chi connectivity index (χ4v) is 3.55. The number of carboxylic acid groups (broad SMARTS) is 1. The number of urea groups is 1. The minimum Gasteiger partial charge on any atom is -0.489 e. The van der Waals surface area contributed by atoms with E-state index in [9.17, 15) is 27.6 Å². The second-order valence-electron chi connectivity index (χ2n) is 8.94. The molecule has 0 saturated carbocycles. The number of rotatable bonds is 6. The van der Waals surface area contributed by atoms with Crippen molar-refractivity contribution in [2.45, 2.75) is 26.6 Å². The van der Waals surface area contributed by atoms with Crippen molar-refractivity contribution in [2.24, 2.45) is 5.41 Å². The number of aryl methyl sites for hydroxylation is 1. The summed E-state index contributed by atoms with van der Waals surface area (Å²) >= 11 is 0. The molecule has 39 heavy (non-hydrogen) atoms. The zero-order valence-electron chi connectivity index (χ0n) is 20.9. The summed E-state index contributed by atoms with van der Waals surface area (Å²) in [5, 5.41) is 15.7. The number of hydrogen-bond acceptors (Lipinski definition) is 6. The highest BCUT2D eigenvalue weighted by molar-refractivity contribution is 6.00. The zero-order valence-corrected chi connectivity index (χ0v) is 20.9. The minimum atomic E-state index is -5.08. The van der Waals surface area contributed by atoms with Gasteiger partial charge in [-0.1, -0.05) is 18.2 Å². The molecular weight excluding hydrogens is 521 g/mol. The number of para-hydroxylation sites is 1. The van der Waals surface area contributed by atoms with Crippen molar-refractivity contribution >= 4 is 34.7 Å². The molecule has 2 heterocycles. The number of nitrogens with one attached hydrogen (secondary N) is 3. The summed E-state index contributed by atoms with van der Waals surface area (Å²) in [6, 6.07) is 16.2. The lowest BCUT2D eigenvalue weighted by molar-refractivity contribution is -0.192. The van der Waals surface area contributed by atoms with Gasteiger partial charge >= 0.3 is 18.2 Å². The van der Waals surface area contributed by atoms with E-state index in [-0.39, 0.29) is 19.0 Å². The van der Waals surface area contributed by atoms with Crippen molar-refractivity contribution in [1.82, 2.24) is 20.9 Å². The predicted molar refractivity (Wildman–Crippen MR) is 133 cm³/mol. The van der Waals surface area contributed by atoms with Crippen molar-refractivity contribution in [3.8, 4) is 5.75 Å². The molecule has 3 aromatic rings. The molecular formula is C26H25F3N4O6. The summed E-state index contributed by atoms with van der Waals surface area (Å²) in [6.07, 6.45) is -5.08. The second kappa shape index (κ2) is 11.8. The lowest BCUT2D eigenvalue weighted by Gasteiger charge is -2.32. The summed E-state index contributed by atoms with van der Waals surface area (Å²) in [5.74, 6) is -2.84. The van der Waals surface area contributed by atoms with Gasteiger partial charge in [0.25, 0.3) is 5.91 Å². The van der Waals surface area contributed by atoms with Crippen LogP contribution in [0, 0.1) is 12.3 Å². The van der Waals surface area contributed by atoms with Crippen molar-refractivity contribution < 1.29 is 42.2 Å². The Balaban J connectivity index is 0.000000532. The van der Waals surface area contributed by atoms with Gasteiger partial charge in [0.2, 0.25) is 5.91 Å². The first-order valence-corrected chi connectivity index (χ1v) is 11.5. The lowest BCUT2D eigenvalue weighted by atomic mass is 9.88. The average molecular weight is 547 g/mol. The van der Waals surface area contributed by atoms with Gasteiger partial charge in [-0.2, -0.15) is 13.2 Å². The number of carboxylic acids is 1. The molecule has 1 aliphatic rings. The van der Waals surface area contributed by atoms with Crippen LogP contribution in [0.15, 0.2) is 54.6 Å². The SMILES string of the molecule is Cc1cc(COc2ccc(C(=O)NCC3(C)CNC(=O)NC3=O)cc2)c2ccccc2n1.O=C(O)C(F)(F)F. The van der Waals surface area contributed by atoms with Crippen LogP contribution in [0.3, 0.4) is 0 Å². The first-order valence-electron chi connectivity index (χ1n) is 11.5. The Bertz CT molecular complexity index is 1390. The normalized spacial score (nSPS) is 16.8. The molecule has 10 nitrogen and oxygen atoms in total. The van der Waals surface area contributed by atoms with Crippen molar-refractivity contribution in [2.75, 3.05) is 13.1 Å². The number of carbonyl (C=O) groups excluding carboxylic acids is 3. The molecule has 1 fully saturated rings. The van der Waals surface area contributed by atoms with Gasteiger partial charge in [-0.3, -0.25) is 19.9 Å². The molecule has 206 valence electrons. The third kappa shape index (κ3) is 7.66. The molecule has 0 bridgehead atoms. The third-order valence-corrected chi connectivity index (χ3v) is 5.74. The van der Waals surface area contributed by atoms with E-state index in [1.165, 1.54) is 0 Å². The standard InChI is InChI=1S/C24H24N4O4.C2HF3O2/c1-15-11-17(19-5-3-4-6-20(19)27-15)12-32-18-9-7-16(8-10-18)21(29)25-13-24(2)14-26-23(31)28-22(24)30;3-2(4,5)1(6)7/h3-11H,12-14H2,1-2H3,(H,25,29)(H2,26,28,30,31);(H,6,7). The maximum Gasteiger partial charge on any atom is 0.490 e. The van der Waals surface area contributed by atoms with E-state index < -0.39 is 29.5 Å². The summed E-state index contributed by atoms with van der Waals surface area (Å²) < 4.78 is 37.7. The van der Waals surface area contributed by atoms with Crippen LogP contribution in [0.1, 0.15) is 28.5 Å². The predicted octanol–water partition coefficient (Wildman–Crippen LogP) is 3.33. The number of fused-ring (bicyclic) bond motifs is 1. The number of carbonyl (C=O) groups is 4. The molecule has 0 aliphatic carbocycles. The molecule has 1 saturated heterocycles. The molecule has 1 unspecified atom stereocenters. The van der Waals surface area contributed by atoms with E-state index >= 15 is 0 Å². The molecule has 1 aliphatic heterocycles. The zero-order chi connectivity index (χ0) is 28.8. The van der Waals surface area contributed by atoms with Gasteiger partial charge < -0.3 is 20.5 Å². The Morgan fingerprint density at radius 1 is 1.13 bits per heavy atom. The van der Waals surface area contributed by atoms with Crippen LogP contribution in [0.2, 0.25) is 0 Å². The maximum atomic E-state index is 12.5. The van der Waals surface area contributed by atoms with Crippen LogP contribution in [0.5, 0.6) is 5.75 Å². The number of benzene rings is 2. The van der Waals surface area contributed by atoms with Gasteiger partial charge in [0.05, 0.1) is 10.9 Å². The van der Waals surface area contributed by atoms with E-state index in [2.05, 4.69) is 20.9 Å². The molecule has 4 N–H and O–H groups in total. The van der Waals surface area contributed by atoms with Crippen molar-refractivity contribution in [3.05, 3.63) is 71.4 Å². The number of nitrogens with zero attached hydrogens (tertiary/aromatic N) is 1. The van der Waals surface area contributed by atoms with Crippen LogP contribution in [-0.2, 0) is 16.2 Å². The van der Waals surface area contributed by atoms with Gasteiger partial charge in [0.1, 0.15) is 12.4 Å². The average Bonchev–Trinajstić information content (AvgIpc) is 2.88. The highest BCUT2D eigenvalue weighted by Gasteiger charge is 2.39. The number of amides is 4. The van der Waals surface area contributed by atoms with Crippen LogP contribution in [0.25, 0.3) is 10.9 Å². The molecule has 1 aromatic heterocycles. The highest BCUT2D eigenvalue weighted by Crippen LogP contribution is 2.21. The van der Waals surface area contributed by atoms with E-state index in [4.69, 9.17) is 14.6 Å². The smallest absolute Gasteiger partial charge is 0.489 e. The number of ether oxygens (including phenoxy) is 1. The monoisotopic (exact) mass is 546 g/mol. The topological polar surface area (TPSA) is 147 Å². The first-order chi connectivity index (χ1) is 18.3. The van der Waals surface area contributed by atoms with Crippen molar-refractivity contribution in [3.63, 3.8) is 0 Å². The van der Waals surface area contributed by atoms with Crippen LogP contribution < -0.4 is 20.7 Å². The van der Waals surface area contributed by atoms with Gasteiger partial charge in [-0.25, -0.2) is 9.59 Å². The lowest BCUT2D eigenvalue weighted by Crippen LogP contribution is -2.61. The van der Waals surface area contributed by atoms with E-state index in [0.717, 1.165) is 22.2 Å². The number of imide groups is 1. The molecule has 4 amide bonds.